The Morgan fingerprint density at radius 3 is 2.61 bits per heavy atom. The molecule has 2 rings (SSSR count). The summed E-state index contributed by atoms with van der Waals surface area (Å²) in [5, 5.41) is 2.93. The molecule has 3 nitrogen and oxygen atoms in total. The fourth-order valence-electron chi connectivity index (χ4n) is 2.26. The van der Waals surface area contributed by atoms with Crippen LogP contribution in [0.3, 0.4) is 0 Å². The van der Waals surface area contributed by atoms with Gasteiger partial charge in [-0.2, -0.15) is 0 Å². The molecule has 1 N–H and O–H groups in total. The largest absolute Gasteiger partial charge is 0.351 e. The smallest absolute Gasteiger partial charge is 0.269 e. The Labute approximate surface area is 138 Å². The molecule has 23 heavy (non-hydrogen) atoms. The lowest BCUT2D eigenvalue weighted by atomic mass is 10.2. The van der Waals surface area contributed by atoms with Gasteiger partial charge in [-0.3, -0.25) is 4.79 Å². The molecule has 0 saturated carbocycles. The van der Waals surface area contributed by atoms with Gasteiger partial charge in [-0.05, 0) is 30.2 Å². The minimum Gasteiger partial charge on any atom is -0.351 e. The van der Waals surface area contributed by atoms with Crippen molar-refractivity contribution in [2.24, 2.45) is 0 Å². The first kappa shape index (κ1) is 16.9. The molecule has 0 aliphatic rings. The SMILES string of the molecule is CCCCCCNC(=O)c1cccc(C=Cc2ccccc2)n1. The fraction of sp³-hybridized carbons (Fsp3) is 0.300. The van der Waals surface area contributed by atoms with Gasteiger partial charge < -0.3 is 5.32 Å². The lowest BCUT2D eigenvalue weighted by Gasteiger charge is -2.05. The molecule has 120 valence electrons. The number of unbranched alkanes of at least 4 members (excludes halogenated alkanes) is 3. The number of hydrogen-bond donors (Lipinski definition) is 1. The lowest BCUT2D eigenvalue weighted by Crippen LogP contribution is -2.25. The molecular formula is C20H24N2O. The summed E-state index contributed by atoms with van der Waals surface area (Å²) in [6.07, 6.45) is 8.51. The van der Waals surface area contributed by atoms with E-state index in [0.29, 0.717) is 12.2 Å². The van der Waals surface area contributed by atoms with Gasteiger partial charge in [0.05, 0.1) is 5.69 Å². The van der Waals surface area contributed by atoms with Gasteiger partial charge in [-0.15, -0.1) is 0 Å². The predicted molar refractivity (Wildman–Crippen MR) is 96.1 cm³/mol. The number of hydrogen-bond acceptors (Lipinski definition) is 2. The third-order valence-electron chi connectivity index (χ3n) is 3.57. The Balaban J connectivity index is 1.91. The number of benzene rings is 1. The van der Waals surface area contributed by atoms with Crippen molar-refractivity contribution in [3.63, 3.8) is 0 Å². The molecule has 0 spiro atoms. The Kier molecular flexibility index (Phi) is 7.05. The molecular weight excluding hydrogens is 284 g/mol. The maximum atomic E-state index is 12.1. The zero-order chi connectivity index (χ0) is 16.3. The van der Waals surface area contributed by atoms with Crippen molar-refractivity contribution < 1.29 is 4.79 Å². The minimum absolute atomic E-state index is 0.101. The van der Waals surface area contributed by atoms with Crippen molar-refractivity contribution in [2.45, 2.75) is 32.6 Å². The summed E-state index contributed by atoms with van der Waals surface area (Å²) >= 11 is 0. The van der Waals surface area contributed by atoms with E-state index in [1.54, 1.807) is 6.07 Å². The summed E-state index contributed by atoms with van der Waals surface area (Å²) < 4.78 is 0. The number of rotatable bonds is 8. The lowest BCUT2D eigenvalue weighted by molar-refractivity contribution is 0.0948. The summed E-state index contributed by atoms with van der Waals surface area (Å²) in [5.41, 5.74) is 2.36. The van der Waals surface area contributed by atoms with Crippen LogP contribution in [0.25, 0.3) is 12.2 Å². The molecule has 0 fully saturated rings. The number of nitrogens with zero attached hydrogens (tertiary/aromatic N) is 1. The van der Waals surface area contributed by atoms with Crippen LogP contribution in [0.1, 0.15) is 54.4 Å². The quantitative estimate of drug-likeness (QED) is 0.726. The number of carbonyl (C=O) groups excluding carboxylic acids is 1. The van der Waals surface area contributed by atoms with Crippen LogP contribution in [-0.2, 0) is 0 Å². The molecule has 1 heterocycles. The average Bonchev–Trinajstić information content (AvgIpc) is 2.61. The molecule has 1 amide bonds. The second kappa shape index (κ2) is 9.57. The van der Waals surface area contributed by atoms with Crippen molar-refractivity contribution in [3.8, 4) is 0 Å². The van der Waals surface area contributed by atoms with Crippen LogP contribution in [0, 0.1) is 0 Å². The number of carbonyl (C=O) groups is 1. The Bertz CT molecular complexity index is 635. The summed E-state index contributed by atoms with van der Waals surface area (Å²) in [7, 11) is 0. The molecule has 0 unspecified atom stereocenters. The highest BCUT2D eigenvalue weighted by molar-refractivity contribution is 5.92. The van der Waals surface area contributed by atoms with E-state index in [0.717, 1.165) is 24.1 Å². The first-order valence-electron chi connectivity index (χ1n) is 8.28. The maximum absolute atomic E-state index is 12.1. The van der Waals surface area contributed by atoms with E-state index < -0.39 is 0 Å². The van der Waals surface area contributed by atoms with Gasteiger partial charge in [-0.1, -0.05) is 68.7 Å². The molecule has 1 aromatic heterocycles. The topological polar surface area (TPSA) is 42.0 Å². The predicted octanol–water partition coefficient (Wildman–Crippen LogP) is 4.56. The van der Waals surface area contributed by atoms with E-state index >= 15 is 0 Å². The normalized spacial score (nSPS) is 10.8. The number of aromatic nitrogens is 1. The molecule has 1 aromatic carbocycles. The highest BCUT2D eigenvalue weighted by Gasteiger charge is 2.06. The van der Waals surface area contributed by atoms with Gasteiger partial charge in [0.15, 0.2) is 0 Å². The summed E-state index contributed by atoms with van der Waals surface area (Å²) in [6.45, 7) is 2.89. The molecule has 0 aliphatic carbocycles. The maximum Gasteiger partial charge on any atom is 0.269 e. The second-order valence-electron chi connectivity index (χ2n) is 5.51. The van der Waals surface area contributed by atoms with Crippen LogP contribution < -0.4 is 5.32 Å². The first-order valence-corrected chi connectivity index (χ1v) is 8.28. The third kappa shape index (κ3) is 6.07. The average molecular weight is 308 g/mol. The van der Waals surface area contributed by atoms with Gasteiger partial charge in [0.2, 0.25) is 0 Å². The number of amides is 1. The van der Waals surface area contributed by atoms with E-state index in [1.807, 2.05) is 54.6 Å². The van der Waals surface area contributed by atoms with E-state index in [2.05, 4.69) is 17.2 Å². The van der Waals surface area contributed by atoms with Crippen LogP contribution in [0.2, 0.25) is 0 Å². The molecule has 3 heteroatoms. The Hall–Kier alpha value is -2.42. The minimum atomic E-state index is -0.101. The molecule has 2 aromatic rings. The zero-order valence-corrected chi connectivity index (χ0v) is 13.7. The van der Waals surface area contributed by atoms with Gasteiger partial charge in [-0.25, -0.2) is 4.98 Å². The number of nitrogens with one attached hydrogen (secondary N) is 1. The standard InChI is InChI=1S/C20H24N2O/c1-2-3-4-8-16-21-20(23)19-13-9-12-18(22-19)15-14-17-10-6-5-7-11-17/h5-7,9-15H,2-4,8,16H2,1H3,(H,21,23). The molecule has 0 radical (unpaired) electrons. The summed E-state index contributed by atoms with van der Waals surface area (Å²) in [4.78, 5) is 16.5. The third-order valence-corrected chi connectivity index (χ3v) is 3.57. The molecule has 0 atom stereocenters. The van der Waals surface area contributed by atoms with E-state index in [1.165, 1.54) is 12.8 Å². The van der Waals surface area contributed by atoms with Crippen molar-refractivity contribution in [2.75, 3.05) is 6.54 Å². The van der Waals surface area contributed by atoms with Crippen LogP contribution >= 0.6 is 0 Å². The monoisotopic (exact) mass is 308 g/mol. The van der Waals surface area contributed by atoms with Crippen molar-refractivity contribution in [1.29, 1.82) is 0 Å². The van der Waals surface area contributed by atoms with Crippen molar-refractivity contribution in [1.82, 2.24) is 10.3 Å². The fourth-order valence-corrected chi connectivity index (χ4v) is 2.26. The number of pyridine rings is 1. The van der Waals surface area contributed by atoms with Gasteiger partial charge in [0.25, 0.3) is 5.91 Å². The van der Waals surface area contributed by atoms with Crippen molar-refractivity contribution in [3.05, 3.63) is 65.5 Å². The van der Waals surface area contributed by atoms with E-state index in [-0.39, 0.29) is 5.91 Å². The van der Waals surface area contributed by atoms with Crippen LogP contribution in [0.5, 0.6) is 0 Å². The second-order valence-corrected chi connectivity index (χ2v) is 5.51. The Morgan fingerprint density at radius 1 is 1.00 bits per heavy atom. The summed E-state index contributed by atoms with van der Waals surface area (Å²) in [5.74, 6) is -0.101. The van der Waals surface area contributed by atoms with Crippen LogP contribution in [0.4, 0.5) is 0 Å². The van der Waals surface area contributed by atoms with Gasteiger partial charge in [0.1, 0.15) is 5.69 Å². The Morgan fingerprint density at radius 2 is 1.83 bits per heavy atom. The van der Waals surface area contributed by atoms with E-state index in [9.17, 15) is 4.79 Å². The molecule has 0 aliphatic heterocycles. The highest BCUT2D eigenvalue weighted by atomic mass is 16.1. The van der Waals surface area contributed by atoms with Gasteiger partial charge >= 0.3 is 0 Å². The van der Waals surface area contributed by atoms with Crippen LogP contribution in [0.15, 0.2) is 48.5 Å². The van der Waals surface area contributed by atoms with Crippen LogP contribution in [-0.4, -0.2) is 17.4 Å². The zero-order valence-electron chi connectivity index (χ0n) is 13.7. The molecule has 0 saturated heterocycles. The van der Waals surface area contributed by atoms with Crippen molar-refractivity contribution >= 4 is 18.1 Å². The highest BCUT2D eigenvalue weighted by Crippen LogP contribution is 2.07. The molecule has 0 bridgehead atoms. The van der Waals surface area contributed by atoms with Gasteiger partial charge in [0, 0.05) is 6.54 Å². The first-order chi connectivity index (χ1) is 11.3. The van der Waals surface area contributed by atoms with E-state index in [4.69, 9.17) is 0 Å². The summed E-state index contributed by atoms with van der Waals surface area (Å²) in [6, 6.07) is 15.6.